The van der Waals surface area contributed by atoms with Crippen LogP contribution >= 0.6 is 0 Å². The van der Waals surface area contributed by atoms with Crippen molar-refractivity contribution in [1.29, 1.82) is 0 Å². The second-order valence-corrected chi connectivity index (χ2v) is 7.43. The standard InChI is InChI=1S/C22H28N4O4/c1-24(2)11-9-16-14-26(20-12-18(29-4)7-8-19(16)20)22(28)23-15-30-21(27)17-6-5-10-25(3)13-17/h5,7-8,10,12-14H,6,9,11,15H2,1-4H3,(H,23,28). The second kappa shape index (κ2) is 9.49. The minimum Gasteiger partial charge on any atom is -0.497 e. The van der Waals surface area contributed by atoms with Crippen LogP contribution in [0.5, 0.6) is 5.75 Å². The molecule has 0 bridgehead atoms. The Bertz CT molecular complexity index is 990. The molecule has 0 spiro atoms. The Kier molecular flexibility index (Phi) is 6.79. The van der Waals surface area contributed by atoms with Gasteiger partial charge < -0.3 is 24.6 Å². The van der Waals surface area contributed by atoms with Gasteiger partial charge in [-0.05, 0) is 44.4 Å². The van der Waals surface area contributed by atoms with Gasteiger partial charge in [0.05, 0.1) is 18.2 Å². The predicted molar refractivity (Wildman–Crippen MR) is 115 cm³/mol. The number of allylic oxidation sites excluding steroid dienone is 1. The fourth-order valence-electron chi connectivity index (χ4n) is 3.28. The number of nitrogens with zero attached hydrogens (tertiary/aromatic N) is 3. The van der Waals surface area contributed by atoms with E-state index in [0.717, 1.165) is 29.4 Å². The maximum atomic E-state index is 12.8. The molecular weight excluding hydrogens is 384 g/mol. The van der Waals surface area contributed by atoms with Gasteiger partial charge in [0.15, 0.2) is 6.73 Å². The topological polar surface area (TPSA) is 76.0 Å². The van der Waals surface area contributed by atoms with E-state index in [1.165, 1.54) is 4.57 Å². The number of amides is 1. The molecule has 30 heavy (non-hydrogen) atoms. The molecule has 0 saturated carbocycles. The summed E-state index contributed by atoms with van der Waals surface area (Å²) in [5.41, 5.74) is 2.35. The van der Waals surface area contributed by atoms with Crippen molar-refractivity contribution in [3.63, 3.8) is 0 Å². The zero-order valence-electron chi connectivity index (χ0n) is 17.8. The molecule has 2 heterocycles. The van der Waals surface area contributed by atoms with Crippen molar-refractivity contribution in [1.82, 2.24) is 19.7 Å². The number of likely N-dealkylation sites (N-methyl/N-ethyl adjacent to an activating group) is 1. The molecule has 1 aromatic carbocycles. The summed E-state index contributed by atoms with van der Waals surface area (Å²) >= 11 is 0. The maximum absolute atomic E-state index is 12.8. The van der Waals surface area contributed by atoms with Gasteiger partial charge in [-0.2, -0.15) is 0 Å². The summed E-state index contributed by atoms with van der Waals surface area (Å²) in [6.07, 6.45) is 8.61. The lowest BCUT2D eigenvalue weighted by Crippen LogP contribution is -2.31. The monoisotopic (exact) mass is 412 g/mol. The van der Waals surface area contributed by atoms with Crippen LogP contribution in [0.1, 0.15) is 12.0 Å². The molecule has 0 fully saturated rings. The molecule has 1 aliphatic heterocycles. The first-order valence-corrected chi connectivity index (χ1v) is 9.76. The molecule has 1 N–H and O–H groups in total. The number of hydrogen-bond acceptors (Lipinski definition) is 6. The number of benzene rings is 1. The van der Waals surface area contributed by atoms with Crippen LogP contribution in [0.2, 0.25) is 0 Å². The molecule has 2 aromatic rings. The van der Waals surface area contributed by atoms with Gasteiger partial charge in [0.1, 0.15) is 5.75 Å². The Hall–Kier alpha value is -3.26. The third kappa shape index (κ3) is 5.01. The van der Waals surface area contributed by atoms with Crippen molar-refractivity contribution in [2.45, 2.75) is 12.8 Å². The number of ether oxygens (including phenoxy) is 2. The predicted octanol–water partition coefficient (Wildman–Crippen LogP) is 2.55. The van der Waals surface area contributed by atoms with Gasteiger partial charge in [0.2, 0.25) is 0 Å². The highest BCUT2D eigenvalue weighted by molar-refractivity contribution is 5.94. The molecule has 8 heteroatoms. The van der Waals surface area contributed by atoms with E-state index < -0.39 is 5.97 Å². The summed E-state index contributed by atoms with van der Waals surface area (Å²) < 4.78 is 12.1. The zero-order valence-corrected chi connectivity index (χ0v) is 17.8. The quantitative estimate of drug-likeness (QED) is 0.556. The van der Waals surface area contributed by atoms with Crippen LogP contribution in [0.3, 0.4) is 0 Å². The van der Waals surface area contributed by atoms with Crippen LogP contribution in [0.25, 0.3) is 10.9 Å². The Labute approximate surface area is 176 Å². The van der Waals surface area contributed by atoms with E-state index in [1.54, 1.807) is 18.2 Å². The highest BCUT2D eigenvalue weighted by Crippen LogP contribution is 2.26. The van der Waals surface area contributed by atoms with Gasteiger partial charge >= 0.3 is 12.0 Å². The molecule has 1 aromatic heterocycles. The van der Waals surface area contributed by atoms with Crippen LogP contribution in [0, 0.1) is 0 Å². The molecule has 1 amide bonds. The molecule has 1 aliphatic rings. The van der Waals surface area contributed by atoms with Gasteiger partial charge in [-0.1, -0.05) is 6.08 Å². The minimum atomic E-state index is -0.447. The molecule has 0 atom stereocenters. The van der Waals surface area contributed by atoms with E-state index in [4.69, 9.17) is 9.47 Å². The first kappa shape index (κ1) is 21.4. The highest BCUT2D eigenvalue weighted by atomic mass is 16.5. The van der Waals surface area contributed by atoms with Crippen molar-refractivity contribution in [2.75, 3.05) is 41.5 Å². The summed E-state index contributed by atoms with van der Waals surface area (Å²) in [5, 5.41) is 3.65. The minimum absolute atomic E-state index is 0.209. The van der Waals surface area contributed by atoms with Gasteiger partial charge in [0, 0.05) is 43.9 Å². The number of hydrogen-bond donors (Lipinski definition) is 1. The molecule has 160 valence electrons. The molecule has 8 nitrogen and oxygen atoms in total. The smallest absolute Gasteiger partial charge is 0.337 e. The maximum Gasteiger partial charge on any atom is 0.337 e. The van der Waals surface area contributed by atoms with E-state index in [2.05, 4.69) is 10.2 Å². The fourth-order valence-corrected chi connectivity index (χ4v) is 3.28. The van der Waals surface area contributed by atoms with Crippen molar-refractivity contribution in [2.24, 2.45) is 0 Å². The summed E-state index contributed by atoms with van der Waals surface area (Å²) in [7, 11) is 7.45. The third-order valence-electron chi connectivity index (χ3n) is 4.87. The largest absolute Gasteiger partial charge is 0.497 e. The Morgan fingerprint density at radius 2 is 2.07 bits per heavy atom. The Morgan fingerprint density at radius 1 is 1.27 bits per heavy atom. The van der Waals surface area contributed by atoms with Gasteiger partial charge in [-0.15, -0.1) is 0 Å². The van der Waals surface area contributed by atoms with E-state index in [1.807, 2.05) is 57.8 Å². The summed E-state index contributed by atoms with van der Waals surface area (Å²) in [4.78, 5) is 28.9. The van der Waals surface area contributed by atoms with Crippen molar-refractivity contribution in [3.05, 3.63) is 54.0 Å². The van der Waals surface area contributed by atoms with Gasteiger partial charge in [0.25, 0.3) is 0 Å². The second-order valence-electron chi connectivity index (χ2n) is 7.43. The first-order chi connectivity index (χ1) is 14.4. The number of nitrogens with one attached hydrogen (secondary N) is 1. The zero-order chi connectivity index (χ0) is 21.7. The summed E-state index contributed by atoms with van der Waals surface area (Å²) in [6.45, 7) is 0.654. The number of carbonyl (C=O) groups excluding carboxylic acids is 2. The van der Waals surface area contributed by atoms with Crippen molar-refractivity contribution >= 4 is 22.9 Å². The van der Waals surface area contributed by atoms with Crippen LogP contribution in [-0.2, 0) is 16.0 Å². The van der Waals surface area contributed by atoms with E-state index in [-0.39, 0.29) is 12.8 Å². The van der Waals surface area contributed by atoms with Gasteiger partial charge in [-0.3, -0.25) is 4.57 Å². The Morgan fingerprint density at radius 3 is 2.77 bits per heavy atom. The summed E-state index contributed by atoms with van der Waals surface area (Å²) in [6, 6.07) is 5.30. The van der Waals surface area contributed by atoms with Crippen LogP contribution in [0.4, 0.5) is 4.79 Å². The number of methoxy groups -OCH3 is 1. The van der Waals surface area contributed by atoms with Gasteiger partial charge in [-0.25, -0.2) is 9.59 Å². The van der Waals surface area contributed by atoms with Crippen molar-refractivity contribution < 1.29 is 19.1 Å². The van der Waals surface area contributed by atoms with Crippen LogP contribution in [-0.4, -0.2) is 67.9 Å². The number of fused-ring (bicyclic) bond motifs is 1. The van der Waals surface area contributed by atoms with E-state index >= 15 is 0 Å². The molecule has 0 radical (unpaired) electrons. The molecule has 0 saturated heterocycles. The number of carbonyl (C=O) groups is 2. The lowest BCUT2D eigenvalue weighted by Gasteiger charge is -2.16. The highest BCUT2D eigenvalue weighted by Gasteiger charge is 2.16. The average Bonchev–Trinajstić information content (AvgIpc) is 3.10. The third-order valence-corrected chi connectivity index (χ3v) is 4.87. The molecular formula is C22H28N4O4. The Balaban J connectivity index is 1.71. The molecule has 3 rings (SSSR count). The number of rotatable bonds is 7. The van der Waals surface area contributed by atoms with Crippen LogP contribution < -0.4 is 10.1 Å². The molecule has 0 aliphatic carbocycles. The van der Waals surface area contributed by atoms with Crippen LogP contribution in [0.15, 0.2) is 48.4 Å². The SMILES string of the molecule is COc1ccc2c(CCN(C)C)cn(C(=O)NCOC(=O)C3=CN(C)C=CC3)c2c1. The fraction of sp³-hybridized carbons (Fsp3) is 0.364. The normalized spacial score (nSPS) is 13.5. The number of esters is 1. The summed E-state index contributed by atoms with van der Waals surface area (Å²) in [5.74, 6) is 0.221. The van der Waals surface area contributed by atoms with E-state index in [9.17, 15) is 9.59 Å². The first-order valence-electron chi connectivity index (χ1n) is 9.76. The lowest BCUT2D eigenvalue weighted by atomic mass is 10.1. The van der Waals surface area contributed by atoms with Crippen molar-refractivity contribution in [3.8, 4) is 5.75 Å². The number of aromatic nitrogens is 1. The van der Waals surface area contributed by atoms with E-state index in [0.29, 0.717) is 17.7 Å². The average molecular weight is 412 g/mol. The lowest BCUT2D eigenvalue weighted by molar-refractivity contribution is -0.139. The molecule has 0 unspecified atom stereocenters.